The van der Waals surface area contributed by atoms with Gasteiger partial charge in [0.15, 0.2) is 5.78 Å². The smallest absolute Gasteiger partial charge is 0.246 e. The van der Waals surface area contributed by atoms with E-state index in [9.17, 15) is 14.0 Å². The number of benzene rings is 1. The van der Waals surface area contributed by atoms with Crippen LogP contribution < -0.4 is 5.32 Å². The molecule has 1 N–H and O–H groups in total. The van der Waals surface area contributed by atoms with E-state index < -0.39 is 0 Å². The lowest BCUT2D eigenvalue weighted by molar-refractivity contribution is -0.161. The first-order chi connectivity index (χ1) is 13.0. The maximum atomic E-state index is 12.9. The van der Waals surface area contributed by atoms with Crippen molar-refractivity contribution in [1.82, 2.24) is 10.2 Å². The predicted octanol–water partition coefficient (Wildman–Crippen LogP) is 2.94. The number of ketones is 1. The third-order valence-electron chi connectivity index (χ3n) is 5.79. The van der Waals surface area contributed by atoms with Crippen LogP contribution in [0.15, 0.2) is 24.3 Å². The van der Waals surface area contributed by atoms with E-state index in [1.807, 2.05) is 0 Å². The minimum atomic E-state index is -0.323. The largest absolute Gasteiger partial charge is 0.363 e. The number of hydrogen-bond donors (Lipinski definition) is 1. The van der Waals surface area contributed by atoms with Gasteiger partial charge in [-0.3, -0.25) is 9.59 Å². The molecule has 0 aliphatic carbocycles. The van der Waals surface area contributed by atoms with Gasteiger partial charge in [0.25, 0.3) is 0 Å². The topological polar surface area (TPSA) is 58.6 Å². The van der Waals surface area contributed by atoms with E-state index in [-0.39, 0.29) is 35.8 Å². The lowest BCUT2D eigenvalue weighted by atomic mass is 9.80. The van der Waals surface area contributed by atoms with E-state index in [2.05, 4.69) is 17.1 Å². The van der Waals surface area contributed by atoms with Crippen molar-refractivity contribution in [3.63, 3.8) is 0 Å². The Bertz CT molecular complexity index is 654. The summed E-state index contributed by atoms with van der Waals surface area (Å²) in [6.45, 7) is 4.99. The van der Waals surface area contributed by atoms with Crippen molar-refractivity contribution in [3.8, 4) is 0 Å². The maximum absolute atomic E-state index is 12.9. The van der Waals surface area contributed by atoms with Gasteiger partial charge >= 0.3 is 0 Å². The maximum Gasteiger partial charge on any atom is 0.246 e. The Balaban J connectivity index is 1.44. The summed E-state index contributed by atoms with van der Waals surface area (Å²) in [7, 11) is 0. The van der Waals surface area contributed by atoms with Crippen LogP contribution in [-0.4, -0.2) is 54.5 Å². The lowest BCUT2D eigenvalue weighted by Crippen LogP contribution is -2.63. The van der Waals surface area contributed by atoms with Crippen molar-refractivity contribution in [2.24, 2.45) is 0 Å². The van der Waals surface area contributed by atoms with E-state index in [0.717, 1.165) is 51.7 Å². The normalized spacial score (nSPS) is 22.6. The van der Waals surface area contributed by atoms with Crippen LogP contribution in [0.4, 0.5) is 4.39 Å². The molecule has 2 heterocycles. The van der Waals surface area contributed by atoms with Crippen LogP contribution in [0.2, 0.25) is 0 Å². The molecule has 1 atom stereocenters. The minimum Gasteiger partial charge on any atom is -0.363 e. The molecule has 148 valence electrons. The van der Waals surface area contributed by atoms with E-state index in [1.54, 1.807) is 12.1 Å². The molecule has 1 aromatic rings. The van der Waals surface area contributed by atoms with Gasteiger partial charge in [-0.05, 0) is 56.5 Å². The van der Waals surface area contributed by atoms with Crippen molar-refractivity contribution >= 4 is 11.7 Å². The summed E-state index contributed by atoms with van der Waals surface area (Å²) in [6.07, 6.45) is 5.04. The van der Waals surface area contributed by atoms with E-state index >= 15 is 0 Å². The number of nitrogens with one attached hydrogen (secondary N) is 1. The number of hydrogen-bond acceptors (Lipinski definition) is 4. The van der Waals surface area contributed by atoms with Crippen molar-refractivity contribution in [2.75, 3.05) is 26.2 Å². The fraction of sp³-hybridized carbons (Fsp3) is 0.619. The highest BCUT2D eigenvalue weighted by Gasteiger charge is 2.45. The Morgan fingerprint density at radius 3 is 2.67 bits per heavy atom. The molecule has 3 rings (SSSR count). The average Bonchev–Trinajstić information content (AvgIpc) is 2.67. The van der Waals surface area contributed by atoms with Gasteiger partial charge < -0.3 is 15.0 Å². The number of morpholine rings is 1. The summed E-state index contributed by atoms with van der Waals surface area (Å²) < 4.78 is 19.0. The first-order valence-electron chi connectivity index (χ1n) is 9.97. The Morgan fingerprint density at radius 2 is 2.00 bits per heavy atom. The number of amides is 1. The van der Waals surface area contributed by atoms with E-state index in [0.29, 0.717) is 12.0 Å². The second-order valence-electron chi connectivity index (χ2n) is 7.64. The molecule has 2 fully saturated rings. The van der Waals surface area contributed by atoms with Crippen LogP contribution >= 0.6 is 0 Å². The van der Waals surface area contributed by atoms with Crippen LogP contribution in [0.5, 0.6) is 0 Å². The van der Waals surface area contributed by atoms with Crippen LogP contribution in [0.3, 0.4) is 0 Å². The first-order valence-corrected chi connectivity index (χ1v) is 9.97. The minimum absolute atomic E-state index is 0.0131. The van der Waals surface area contributed by atoms with Gasteiger partial charge in [0.05, 0.1) is 11.6 Å². The number of Topliss-reactive ketones (excluding diaryl/α,β-unsaturated/α-hetero) is 1. The molecule has 2 saturated heterocycles. The van der Waals surface area contributed by atoms with Gasteiger partial charge in [-0.1, -0.05) is 13.3 Å². The quantitative estimate of drug-likeness (QED) is 0.744. The number of piperidine rings is 1. The Morgan fingerprint density at radius 1 is 1.30 bits per heavy atom. The summed E-state index contributed by atoms with van der Waals surface area (Å²) in [4.78, 5) is 26.2. The molecule has 0 saturated carbocycles. The first kappa shape index (κ1) is 20.0. The molecule has 1 spiro atoms. The van der Waals surface area contributed by atoms with Crippen LogP contribution in [0.1, 0.15) is 55.8 Å². The Kier molecular flexibility index (Phi) is 6.60. The highest BCUT2D eigenvalue weighted by atomic mass is 19.1. The van der Waals surface area contributed by atoms with Crippen molar-refractivity contribution in [1.29, 1.82) is 0 Å². The van der Waals surface area contributed by atoms with Crippen molar-refractivity contribution in [3.05, 3.63) is 35.6 Å². The summed E-state index contributed by atoms with van der Waals surface area (Å²) in [5.41, 5.74) is 0.340. The zero-order chi connectivity index (χ0) is 19.3. The zero-order valence-corrected chi connectivity index (χ0v) is 16.0. The summed E-state index contributed by atoms with van der Waals surface area (Å²) >= 11 is 0. The van der Waals surface area contributed by atoms with Crippen LogP contribution in [-0.2, 0) is 9.53 Å². The molecular weight excluding hydrogens is 347 g/mol. The standard InChI is InChI=1S/C21H29FN2O3/c1-2-4-19-21(27-15-20(26)23-19)10-13-24(14-11-21)12-3-5-18(25)16-6-8-17(22)9-7-16/h6-9,19H,2-5,10-15H2,1H3,(H,23,26). The second-order valence-corrected chi connectivity index (χ2v) is 7.64. The number of carbonyl (C=O) groups excluding carboxylic acids is 2. The van der Waals surface area contributed by atoms with Gasteiger partial charge in [-0.15, -0.1) is 0 Å². The van der Waals surface area contributed by atoms with Gasteiger partial charge in [0, 0.05) is 25.1 Å². The molecule has 0 bridgehead atoms. The Labute approximate surface area is 160 Å². The highest BCUT2D eigenvalue weighted by molar-refractivity contribution is 5.95. The van der Waals surface area contributed by atoms with Crippen LogP contribution in [0.25, 0.3) is 0 Å². The molecule has 2 aliphatic rings. The number of nitrogens with zero attached hydrogens (tertiary/aromatic N) is 1. The SMILES string of the molecule is CCCC1NC(=O)COC12CCN(CCCC(=O)c1ccc(F)cc1)CC2. The molecule has 1 aromatic carbocycles. The lowest BCUT2D eigenvalue weighted by Gasteiger charge is -2.48. The van der Waals surface area contributed by atoms with Gasteiger partial charge in [-0.25, -0.2) is 4.39 Å². The van der Waals surface area contributed by atoms with Crippen LogP contribution in [0, 0.1) is 5.82 Å². The third-order valence-corrected chi connectivity index (χ3v) is 5.79. The molecule has 2 aliphatic heterocycles. The number of halogens is 1. The van der Waals surface area contributed by atoms with E-state index in [1.165, 1.54) is 12.1 Å². The predicted molar refractivity (Wildman–Crippen MR) is 101 cm³/mol. The molecular formula is C21H29FN2O3. The van der Waals surface area contributed by atoms with Crippen molar-refractivity contribution < 1.29 is 18.7 Å². The van der Waals surface area contributed by atoms with Crippen molar-refractivity contribution in [2.45, 2.75) is 57.1 Å². The molecule has 27 heavy (non-hydrogen) atoms. The fourth-order valence-corrected chi connectivity index (χ4v) is 4.19. The molecule has 1 amide bonds. The van der Waals surface area contributed by atoms with E-state index in [4.69, 9.17) is 4.74 Å². The molecule has 0 radical (unpaired) electrons. The average molecular weight is 376 g/mol. The number of ether oxygens (including phenoxy) is 1. The molecule has 5 nitrogen and oxygen atoms in total. The van der Waals surface area contributed by atoms with Gasteiger partial charge in [-0.2, -0.15) is 0 Å². The summed E-state index contributed by atoms with van der Waals surface area (Å²) in [6, 6.07) is 5.85. The highest BCUT2D eigenvalue weighted by Crippen LogP contribution is 2.34. The fourth-order valence-electron chi connectivity index (χ4n) is 4.19. The monoisotopic (exact) mass is 376 g/mol. The summed E-state index contributed by atoms with van der Waals surface area (Å²) in [5.74, 6) is -0.276. The van der Waals surface area contributed by atoms with Gasteiger partial charge in [0.2, 0.25) is 5.91 Å². The third kappa shape index (κ3) is 4.93. The molecule has 6 heteroatoms. The second kappa shape index (κ2) is 8.93. The molecule has 1 unspecified atom stereocenters. The number of likely N-dealkylation sites (tertiary alicyclic amines) is 1. The summed E-state index contributed by atoms with van der Waals surface area (Å²) in [5, 5.41) is 3.12. The Hall–Kier alpha value is -1.79. The zero-order valence-electron chi connectivity index (χ0n) is 16.0. The number of carbonyl (C=O) groups is 2. The molecule has 0 aromatic heterocycles. The van der Waals surface area contributed by atoms with Gasteiger partial charge in [0.1, 0.15) is 12.4 Å². The number of rotatable bonds is 7.